The quantitative estimate of drug-likeness (QED) is 0.769. The van der Waals surface area contributed by atoms with Crippen LogP contribution in [0.1, 0.15) is 43.2 Å². The number of nitrogens with zero attached hydrogens (tertiary/aromatic N) is 3. The first-order valence-electron chi connectivity index (χ1n) is 10.0. The van der Waals surface area contributed by atoms with Crippen LogP contribution in [-0.4, -0.2) is 59.3 Å². The van der Waals surface area contributed by atoms with Crippen molar-refractivity contribution in [3.8, 4) is 6.07 Å². The number of rotatable bonds is 4. The zero-order chi connectivity index (χ0) is 20.6. The van der Waals surface area contributed by atoms with Gasteiger partial charge in [0.1, 0.15) is 0 Å². The van der Waals surface area contributed by atoms with Crippen LogP contribution in [0.2, 0.25) is 0 Å². The van der Waals surface area contributed by atoms with Crippen LogP contribution in [-0.2, 0) is 16.1 Å². The lowest BCUT2D eigenvalue weighted by molar-refractivity contribution is -0.188. The summed E-state index contributed by atoms with van der Waals surface area (Å²) in [6.45, 7) is 2.55. The van der Waals surface area contributed by atoms with Gasteiger partial charge in [0.2, 0.25) is 0 Å². The second-order valence-electron chi connectivity index (χ2n) is 8.38. The van der Waals surface area contributed by atoms with Crippen molar-refractivity contribution in [3.63, 3.8) is 0 Å². The summed E-state index contributed by atoms with van der Waals surface area (Å²) in [6.07, 6.45) is -1.57. The maximum Gasteiger partial charge on any atom is 0.471 e. The molecule has 0 aromatic heterocycles. The van der Waals surface area contributed by atoms with Gasteiger partial charge in [-0.3, -0.25) is 9.69 Å². The van der Waals surface area contributed by atoms with Crippen LogP contribution in [0, 0.1) is 11.3 Å². The lowest BCUT2D eigenvalue weighted by atomic mass is 9.87. The highest BCUT2D eigenvalue weighted by Gasteiger charge is 2.53. The minimum atomic E-state index is -4.83. The van der Waals surface area contributed by atoms with Gasteiger partial charge in [-0.25, -0.2) is 0 Å². The van der Waals surface area contributed by atoms with Gasteiger partial charge < -0.3 is 9.64 Å². The number of hydrogen-bond acceptors (Lipinski definition) is 4. The molecule has 1 aromatic rings. The summed E-state index contributed by atoms with van der Waals surface area (Å²) in [5.41, 5.74) is 1.33. The number of carbonyl (C=O) groups excluding carboxylic acids is 1. The van der Waals surface area contributed by atoms with Gasteiger partial charge in [-0.15, -0.1) is 0 Å². The van der Waals surface area contributed by atoms with Gasteiger partial charge in [-0.05, 0) is 49.8 Å². The van der Waals surface area contributed by atoms with E-state index in [1.165, 1.54) is 0 Å². The minimum Gasteiger partial charge on any atom is -0.373 e. The Kier molecular flexibility index (Phi) is 5.30. The van der Waals surface area contributed by atoms with Crippen molar-refractivity contribution >= 4 is 5.91 Å². The average Bonchev–Trinajstić information content (AvgIpc) is 3.45. The van der Waals surface area contributed by atoms with Crippen molar-refractivity contribution in [2.45, 2.75) is 62.5 Å². The number of carbonyl (C=O) groups is 1. The lowest BCUT2D eigenvalue weighted by Crippen LogP contribution is -2.50. The molecule has 5 nitrogen and oxygen atoms in total. The molecule has 2 heterocycles. The summed E-state index contributed by atoms with van der Waals surface area (Å²) in [4.78, 5) is 15.3. The predicted molar refractivity (Wildman–Crippen MR) is 98.7 cm³/mol. The maximum atomic E-state index is 13.0. The van der Waals surface area contributed by atoms with Gasteiger partial charge in [0.25, 0.3) is 0 Å². The third-order valence-electron chi connectivity index (χ3n) is 6.26. The van der Waals surface area contributed by atoms with Gasteiger partial charge >= 0.3 is 12.1 Å². The van der Waals surface area contributed by atoms with Gasteiger partial charge in [-0.2, -0.15) is 18.4 Å². The van der Waals surface area contributed by atoms with Gasteiger partial charge in [0.05, 0.1) is 29.9 Å². The summed E-state index contributed by atoms with van der Waals surface area (Å²) < 4.78 is 45.1. The molecular formula is C21H24F3N3O2. The summed E-state index contributed by atoms with van der Waals surface area (Å²) in [7, 11) is 0. The van der Waals surface area contributed by atoms with E-state index >= 15 is 0 Å². The smallest absolute Gasteiger partial charge is 0.373 e. The van der Waals surface area contributed by atoms with Crippen LogP contribution in [0.25, 0.3) is 0 Å². The highest BCUT2D eigenvalue weighted by atomic mass is 19.4. The Morgan fingerprint density at radius 1 is 1.21 bits per heavy atom. The molecule has 1 unspecified atom stereocenters. The fourth-order valence-corrected chi connectivity index (χ4v) is 4.54. The number of piperidine rings is 1. The van der Waals surface area contributed by atoms with E-state index in [2.05, 4.69) is 11.0 Å². The molecule has 3 fully saturated rings. The number of hydrogen-bond donors (Lipinski definition) is 0. The maximum absolute atomic E-state index is 13.0. The fraction of sp³-hybridized carbons (Fsp3) is 0.619. The first kappa shape index (κ1) is 20.2. The summed E-state index contributed by atoms with van der Waals surface area (Å²) in [6, 6.07) is 8.83. The van der Waals surface area contributed by atoms with Crippen molar-refractivity contribution in [3.05, 3.63) is 35.4 Å². The van der Waals surface area contributed by atoms with Gasteiger partial charge in [0, 0.05) is 25.7 Å². The standard InChI is InChI=1S/C21H24F3N3O2/c22-21(23,24)19(28)27(17-5-6-17)18-11-20(29-14-18)7-9-26(10-8-20)13-16-3-1-15(12-25)2-4-16/h1-4,17-18H,5-11,13-14H2. The zero-order valence-electron chi connectivity index (χ0n) is 16.1. The third kappa shape index (κ3) is 4.41. The number of ether oxygens (including phenoxy) is 1. The number of amides is 1. The Balaban J connectivity index is 1.34. The van der Waals surface area contributed by atoms with E-state index in [0.717, 1.165) is 42.9 Å². The van der Waals surface area contributed by atoms with Crippen molar-refractivity contribution in [1.82, 2.24) is 9.80 Å². The molecule has 1 saturated carbocycles. The van der Waals surface area contributed by atoms with E-state index in [1.54, 1.807) is 12.1 Å². The Labute approximate surface area is 168 Å². The van der Waals surface area contributed by atoms with Crippen LogP contribution in [0.3, 0.4) is 0 Å². The molecule has 1 aromatic carbocycles. The molecule has 4 rings (SSSR count). The Morgan fingerprint density at radius 2 is 1.86 bits per heavy atom. The second kappa shape index (κ2) is 7.62. The molecule has 1 atom stereocenters. The highest BCUT2D eigenvalue weighted by Crippen LogP contribution is 2.42. The van der Waals surface area contributed by atoms with E-state index in [9.17, 15) is 18.0 Å². The fourth-order valence-electron chi connectivity index (χ4n) is 4.54. The zero-order valence-corrected chi connectivity index (χ0v) is 16.1. The third-order valence-corrected chi connectivity index (χ3v) is 6.26. The lowest BCUT2D eigenvalue weighted by Gasteiger charge is -2.39. The number of nitriles is 1. The summed E-state index contributed by atoms with van der Waals surface area (Å²) in [5.74, 6) is -1.72. The Hall–Kier alpha value is -2.11. The van der Waals surface area contributed by atoms with Crippen LogP contribution >= 0.6 is 0 Å². The Morgan fingerprint density at radius 3 is 2.41 bits per heavy atom. The van der Waals surface area contributed by atoms with E-state index in [4.69, 9.17) is 10.00 Å². The molecule has 29 heavy (non-hydrogen) atoms. The minimum absolute atomic E-state index is 0.188. The highest BCUT2D eigenvalue weighted by molar-refractivity contribution is 5.82. The molecule has 0 N–H and O–H groups in total. The summed E-state index contributed by atoms with van der Waals surface area (Å²) >= 11 is 0. The van der Waals surface area contributed by atoms with Crippen molar-refractivity contribution in [2.75, 3.05) is 19.7 Å². The number of likely N-dealkylation sites (tertiary alicyclic amines) is 1. The van der Waals surface area contributed by atoms with Crippen molar-refractivity contribution in [2.24, 2.45) is 0 Å². The van der Waals surface area contributed by atoms with Crippen LogP contribution in [0.15, 0.2) is 24.3 Å². The normalized spacial score (nSPS) is 24.4. The average molecular weight is 407 g/mol. The van der Waals surface area contributed by atoms with Gasteiger partial charge in [0.15, 0.2) is 0 Å². The first-order valence-corrected chi connectivity index (χ1v) is 10.0. The molecular weight excluding hydrogens is 383 g/mol. The summed E-state index contributed by atoms with van der Waals surface area (Å²) in [5, 5.41) is 8.88. The van der Waals surface area contributed by atoms with E-state index in [1.807, 2.05) is 12.1 Å². The van der Waals surface area contributed by atoms with Crippen molar-refractivity contribution < 1.29 is 22.7 Å². The molecule has 0 radical (unpaired) electrons. The number of alkyl halides is 3. The van der Waals surface area contributed by atoms with Crippen LogP contribution in [0.5, 0.6) is 0 Å². The largest absolute Gasteiger partial charge is 0.471 e. The van der Waals surface area contributed by atoms with Crippen LogP contribution in [0.4, 0.5) is 13.2 Å². The molecule has 8 heteroatoms. The first-order chi connectivity index (χ1) is 13.8. The molecule has 2 saturated heterocycles. The molecule has 2 aliphatic heterocycles. The molecule has 0 bridgehead atoms. The Bertz CT molecular complexity index is 791. The SMILES string of the molecule is N#Cc1ccc(CN2CCC3(CC2)CC(N(C(=O)C(F)(F)F)C2CC2)CO3)cc1. The van der Waals surface area contributed by atoms with Gasteiger partial charge in [-0.1, -0.05) is 12.1 Å². The molecule has 1 aliphatic carbocycles. The van der Waals surface area contributed by atoms with E-state index in [-0.39, 0.29) is 12.6 Å². The number of benzene rings is 1. The van der Waals surface area contributed by atoms with Crippen LogP contribution < -0.4 is 0 Å². The van der Waals surface area contributed by atoms with E-state index < -0.39 is 23.7 Å². The monoisotopic (exact) mass is 407 g/mol. The topological polar surface area (TPSA) is 56.6 Å². The second-order valence-corrected chi connectivity index (χ2v) is 8.38. The molecule has 1 amide bonds. The van der Waals surface area contributed by atoms with E-state index in [0.29, 0.717) is 24.8 Å². The molecule has 156 valence electrons. The molecule has 3 aliphatic rings. The predicted octanol–water partition coefficient (Wildman–Crippen LogP) is 3.24. The van der Waals surface area contributed by atoms with Crippen molar-refractivity contribution in [1.29, 1.82) is 5.26 Å². The number of halogens is 3. The molecule has 1 spiro atoms.